The Morgan fingerprint density at radius 3 is 0.935 bits per heavy atom. The van der Waals surface area contributed by atoms with Crippen LogP contribution in [0.4, 0.5) is 0 Å². The zero-order valence-electron chi connectivity index (χ0n) is 27.1. The molecule has 0 spiro atoms. The van der Waals surface area contributed by atoms with E-state index in [9.17, 15) is 0 Å². The van der Waals surface area contributed by atoms with Gasteiger partial charge in [-0.2, -0.15) is 0 Å². The van der Waals surface area contributed by atoms with E-state index in [0.29, 0.717) is 0 Å². The number of hydrogen-bond donors (Lipinski definition) is 0. The van der Waals surface area contributed by atoms with Crippen molar-refractivity contribution in [3.8, 4) is 0 Å². The van der Waals surface area contributed by atoms with Gasteiger partial charge in [0, 0.05) is 0 Å². The molecule has 0 aliphatic carbocycles. The number of allylic oxidation sites excluding steroid dienone is 2. The van der Waals surface area contributed by atoms with Crippen LogP contribution in [0.25, 0.3) is 0 Å². The molecule has 0 nitrogen and oxygen atoms in total. The molecule has 46 heavy (non-hydrogen) atoms. The Morgan fingerprint density at radius 2 is 0.696 bits per heavy atom. The Kier molecular flexibility index (Phi) is 11.2. The summed E-state index contributed by atoms with van der Waals surface area (Å²) in [5, 5.41) is 8.29. The molecule has 6 aromatic rings. The standard InChI is InChI=1S/C22H22P.C22H21P/c2*1-19(2)18-23(20-12-6-3-7-13-20,21-14-8-4-9-15-21)22-16-10-5-11-17-22/h3-18H,1-2H3;3-18H,1H2,2H3/q+1;. The van der Waals surface area contributed by atoms with Gasteiger partial charge in [-0.3, -0.25) is 0 Å². The summed E-state index contributed by atoms with van der Waals surface area (Å²) in [7, 11) is -1.77. The third kappa shape index (κ3) is 7.32. The molecule has 0 aliphatic rings. The number of benzene rings is 6. The van der Waals surface area contributed by atoms with Crippen molar-refractivity contribution in [3.63, 3.8) is 0 Å². The highest BCUT2D eigenvalue weighted by Gasteiger charge is 2.43. The molecule has 0 bridgehead atoms. The molecule has 0 amide bonds. The fourth-order valence-electron chi connectivity index (χ4n) is 6.04. The molecular formula is C44H43P2+. The third-order valence-corrected chi connectivity index (χ3v) is 16.3. The molecular weight excluding hydrogens is 590 g/mol. The van der Waals surface area contributed by atoms with Crippen LogP contribution in [0.3, 0.4) is 0 Å². The molecule has 228 valence electrons. The van der Waals surface area contributed by atoms with Crippen molar-refractivity contribution in [3.05, 3.63) is 206 Å². The first kappa shape index (κ1) is 32.9. The Morgan fingerprint density at radius 1 is 0.435 bits per heavy atom. The van der Waals surface area contributed by atoms with Crippen molar-refractivity contribution < 1.29 is 0 Å². The number of rotatable bonds is 8. The summed E-state index contributed by atoms with van der Waals surface area (Å²) >= 11 is 0. The second kappa shape index (κ2) is 15.7. The normalized spacial score (nSPS) is 11.0. The van der Waals surface area contributed by atoms with Crippen LogP contribution in [-0.2, 0) is 0 Å². The van der Waals surface area contributed by atoms with Crippen molar-refractivity contribution in [2.45, 2.75) is 20.8 Å². The zero-order chi connectivity index (χ0) is 32.2. The lowest BCUT2D eigenvalue weighted by Crippen LogP contribution is -2.29. The zero-order valence-corrected chi connectivity index (χ0v) is 28.9. The summed E-state index contributed by atoms with van der Waals surface area (Å²) in [4.78, 5) is 0. The molecule has 0 radical (unpaired) electrons. The van der Waals surface area contributed by atoms with Crippen LogP contribution in [0, 0.1) is 0 Å². The maximum atomic E-state index is 4.19. The van der Waals surface area contributed by atoms with Gasteiger partial charge in [-0.15, -0.1) is 0 Å². The minimum Gasteiger partial charge on any atom is -0.0961 e. The first-order chi connectivity index (χ1) is 22.5. The van der Waals surface area contributed by atoms with Crippen LogP contribution in [-0.4, -0.2) is 5.80 Å². The van der Waals surface area contributed by atoms with Crippen molar-refractivity contribution in [1.82, 2.24) is 0 Å². The van der Waals surface area contributed by atoms with Gasteiger partial charge >= 0.3 is 0 Å². The molecule has 0 saturated carbocycles. The van der Waals surface area contributed by atoms with E-state index in [-0.39, 0.29) is 0 Å². The summed E-state index contributed by atoms with van der Waals surface area (Å²) in [6, 6.07) is 65.3. The highest BCUT2D eigenvalue weighted by atomic mass is 31.2. The summed E-state index contributed by atoms with van der Waals surface area (Å²) in [6.07, 6.45) is 0. The van der Waals surface area contributed by atoms with E-state index >= 15 is 0 Å². The summed E-state index contributed by atoms with van der Waals surface area (Å²) in [6.45, 7) is 8.84. The first-order valence-electron chi connectivity index (χ1n) is 15.8. The van der Waals surface area contributed by atoms with Gasteiger partial charge in [0.15, 0.2) is 0 Å². The van der Waals surface area contributed by atoms with Gasteiger partial charge in [-0.05, 0) is 91.3 Å². The first-order valence-corrected chi connectivity index (χ1v) is 19.5. The summed E-state index contributed by atoms with van der Waals surface area (Å²) in [5.41, 5.74) is 2.46. The highest BCUT2D eigenvalue weighted by molar-refractivity contribution is 7.98. The Hall–Kier alpha value is -4.47. The minimum absolute atomic E-state index is 1.11. The predicted octanol–water partition coefficient (Wildman–Crippen LogP) is 9.26. The SMILES string of the molecule is C=C(C)C=P(c1ccccc1)(c1ccccc1)c1ccccc1.CC(C)=C[P+](c1ccccc1)(c1ccccc1)c1ccccc1. The largest absolute Gasteiger partial charge is 0.136 e. The molecule has 0 heterocycles. The van der Waals surface area contributed by atoms with Crippen LogP contribution in [0.1, 0.15) is 20.8 Å². The van der Waals surface area contributed by atoms with Crippen molar-refractivity contribution >= 4 is 51.8 Å². The monoisotopic (exact) mass is 633 g/mol. The molecule has 0 N–H and O–H groups in total. The minimum atomic E-state index is -1.83. The molecule has 0 aliphatic heterocycles. The van der Waals surface area contributed by atoms with Gasteiger partial charge in [0.2, 0.25) is 0 Å². The molecule has 2 heteroatoms. The second-order valence-electron chi connectivity index (χ2n) is 11.6. The fraction of sp³-hybridized carbons (Fsp3) is 0.0682. The average Bonchev–Trinajstić information content (AvgIpc) is 3.12. The molecule has 0 fully saturated rings. The van der Waals surface area contributed by atoms with Gasteiger partial charge in [-0.1, -0.05) is 158 Å². The summed E-state index contributed by atoms with van der Waals surface area (Å²) < 4.78 is 0. The van der Waals surface area contributed by atoms with E-state index in [1.807, 2.05) is 0 Å². The van der Waals surface area contributed by atoms with Gasteiger partial charge in [-0.25, -0.2) is 0 Å². The van der Waals surface area contributed by atoms with Crippen LogP contribution < -0.4 is 31.8 Å². The summed E-state index contributed by atoms with van der Waals surface area (Å²) in [5.74, 6) is 4.88. The molecule has 0 saturated heterocycles. The maximum absolute atomic E-state index is 4.19. The van der Waals surface area contributed by atoms with Gasteiger partial charge in [0.1, 0.15) is 23.2 Å². The van der Waals surface area contributed by atoms with E-state index in [1.165, 1.54) is 37.4 Å². The van der Waals surface area contributed by atoms with Gasteiger partial charge < -0.3 is 0 Å². The van der Waals surface area contributed by atoms with Gasteiger partial charge in [0.25, 0.3) is 0 Å². The molecule has 0 aromatic heterocycles. The van der Waals surface area contributed by atoms with Crippen LogP contribution >= 0.6 is 14.1 Å². The Bertz CT molecular complexity index is 1690. The van der Waals surface area contributed by atoms with Crippen LogP contribution in [0.2, 0.25) is 0 Å². The van der Waals surface area contributed by atoms with Crippen LogP contribution in [0.15, 0.2) is 206 Å². The van der Waals surface area contributed by atoms with Gasteiger partial charge in [0.05, 0.1) is 5.82 Å². The molecule has 6 aromatic carbocycles. The molecule has 0 atom stereocenters. The van der Waals surface area contributed by atoms with E-state index in [4.69, 9.17) is 0 Å². The Labute approximate surface area is 277 Å². The lowest BCUT2D eigenvalue weighted by Gasteiger charge is -2.28. The lowest BCUT2D eigenvalue weighted by molar-refractivity contribution is 1.41. The van der Waals surface area contributed by atoms with Crippen LogP contribution in [0.5, 0.6) is 0 Å². The van der Waals surface area contributed by atoms with Crippen molar-refractivity contribution in [2.75, 3.05) is 0 Å². The van der Waals surface area contributed by atoms with Crippen molar-refractivity contribution in [1.29, 1.82) is 0 Å². The maximum Gasteiger partial charge on any atom is 0.136 e. The van der Waals surface area contributed by atoms with E-state index in [0.717, 1.165) is 5.57 Å². The van der Waals surface area contributed by atoms with E-state index < -0.39 is 14.1 Å². The average molecular weight is 634 g/mol. The quantitative estimate of drug-likeness (QED) is 0.147. The highest BCUT2D eigenvalue weighted by Crippen LogP contribution is 2.57. The van der Waals surface area contributed by atoms with Crippen molar-refractivity contribution in [2.24, 2.45) is 0 Å². The Balaban J connectivity index is 0.000000181. The lowest BCUT2D eigenvalue weighted by atomic mass is 10.3. The van der Waals surface area contributed by atoms with E-state index in [2.05, 4.69) is 221 Å². The topological polar surface area (TPSA) is 0 Å². The molecule has 6 rings (SSSR count). The second-order valence-corrected chi connectivity index (χ2v) is 18.1. The smallest absolute Gasteiger partial charge is 0.0961 e. The fourth-order valence-corrected chi connectivity index (χ4v) is 14.0. The molecule has 0 unspecified atom stereocenters. The predicted molar refractivity (Wildman–Crippen MR) is 211 cm³/mol. The number of hydrogen-bond acceptors (Lipinski definition) is 0. The van der Waals surface area contributed by atoms with E-state index in [1.54, 1.807) is 0 Å². The third-order valence-electron chi connectivity index (χ3n) is 7.85.